The van der Waals surface area contributed by atoms with E-state index in [0.29, 0.717) is 12.1 Å². The van der Waals surface area contributed by atoms with Crippen molar-refractivity contribution in [2.75, 3.05) is 24.5 Å². The molecular formula is C20H24N2O2. The summed E-state index contributed by atoms with van der Waals surface area (Å²) in [5, 5.41) is 12.5. The van der Waals surface area contributed by atoms with Crippen LogP contribution in [0.4, 0.5) is 5.69 Å². The first-order valence-corrected chi connectivity index (χ1v) is 8.57. The quantitative estimate of drug-likeness (QED) is 0.889. The number of nitrogens with zero attached hydrogens (tertiary/aromatic N) is 1. The number of anilines is 1. The number of carbonyl (C=O) groups is 1. The molecule has 0 atom stereocenters. The van der Waals surface area contributed by atoms with Crippen LogP contribution in [0.15, 0.2) is 54.6 Å². The van der Waals surface area contributed by atoms with Crippen LogP contribution in [-0.2, 0) is 6.42 Å². The molecule has 1 fully saturated rings. The van der Waals surface area contributed by atoms with E-state index >= 15 is 0 Å². The first kappa shape index (κ1) is 16.5. The molecular weight excluding hydrogens is 300 g/mol. The molecule has 3 rings (SSSR count). The monoisotopic (exact) mass is 324 g/mol. The lowest BCUT2D eigenvalue weighted by Gasteiger charge is -2.31. The minimum absolute atomic E-state index is 0.0356. The lowest BCUT2D eigenvalue weighted by atomic mass is 10.1. The summed E-state index contributed by atoms with van der Waals surface area (Å²) in [6.07, 6.45) is 2.28. The molecule has 2 N–H and O–H groups in total. The Kier molecular flexibility index (Phi) is 5.49. The van der Waals surface area contributed by atoms with E-state index in [4.69, 9.17) is 0 Å². The number of nitrogens with one attached hydrogen (secondary N) is 1. The Morgan fingerprint density at radius 3 is 2.38 bits per heavy atom. The Hall–Kier alpha value is -2.33. The van der Waals surface area contributed by atoms with Crippen molar-refractivity contribution in [3.05, 3.63) is 65.7 Å². The van der Waals surface area contributed by atoms with E-state index in [9.17, 15) is 9.90 Å². The van der Waals surface area contributed by atoms with Crippen LogP contribution >= 0.6 is 0 Å². The van der Waals surface area contributed by atoms with E-state index in [2.05, 4.69) is 22.3 Å². The second-order valence-corrected chi connectivity index (χ2v) is 6.26. The zero-order valence-electron chi connectivity index (χ0n) is 13.8. The van der Waals surface area contributed by atoms with Crippen molar-refractivity contribution in [1.82, 2.24) is 5.32 Å². The molecule has 1 amide bonds. The fourth-order valence-corrected chi connectivity index (χ4v) is 3.01. The number of aliphatic hydroxyl groups is 1. The van der Waals surface area contributed by atoms with Gasteiger partial charge in [0.1, 0.15) is 0 Å². The highest BCUT2D eigenvalue weighted by atomic mass is 16.3. The van der Waals surface area contributed by atoms with E-state index in [0.717, 1.165) is 38.0 Å². The normalized spacial score (nSPS) is 15.3. The predicted molar refractivity (Wildman–Crippen MR) is 96.4 cm³/mol. The van der Waals surface area contributed by atoms with E-state index in [1.54, 1.807) is 0 Å². The lowest BCUT2D eigenvalue weighted by Crippen LogP contribution is -2.35. The van der Waals surface area contributed by atoms with E-state index in [-0.39, 0.29) is 12.0 Å². The average molecular weight is 324 g/mol. The Bertz CT molecular complexity index is 647. The standard InChI is InChI=1S/C20H24N2O2/c23-19-11-14-22(15-12-19)18-8-6-17(7-9-18)20(24)21-13-10-16-4-2-1-3-5-16/h1-9,19,23H,10-15H2,(H,21,24). The van der Waals surface area contributed by atoms with E-state index < -0.39 is 0 Å². The summed E-state index contributed by atoms with van der Waals surface area (Å²) in [5.41, 5.74) is 3.02. The molecule has 2 aromatic carbocycles. The van der Waals surface area contributed by atoms with Gasteiger partial charge in [-0.3, -0.25) is 4.79 Å². The van der Waals surface area contributed by atoms with Crippen molar-refractivity contribution in [3.63, 3.8) is 0 Å². The fourth-order valence-electron chi connectivity index (χ4n) is 3.01. The number of carbonyl (C=O) groups excluding carboxylic acids is 1. The van der Waals surface area contributed by atoms with Crippen LogP contribution in [-0.4, -0.2) is 36.8 Å². The maximum Gasteiger partial charge on any atom is 0.251 e. The van der Waals surface area contributed by atoms with Crippen LogP contribution < -0.4 is 10.2 Å². The SMILES string of the molecule is O=C(NCCc1ccccc1)c1ccc(N2CCC(O)CC2)cc1. The summed E-state index contributed by atoms with van der Waals surface area (Å²) < 4.78 is 0. The molecule has 1 heterocycles. The molecule has 0 unspecified atom stereocenters. The summed E-state index contributed by atoms with van der Waals surface area (Å²) in [6.45, 7) is 2.36. The Morgan fingerprint density at radius 2 is 1.71 bits per heavy atom. The topological polar surface area (TPSA) is 52.6 Å². The van der Waals surface area contributed by atoms with Crippen LogP contribution in [0.2, 0.25) is 0 Å². The minimum atomic E-state index is -0.170. The number of aliphatic hydroxyl groups excluding tert-OH is 1. The largest absolute Gasteiger partial charge is 0.393 e. The van der Waals surface area contributed by atoms with Gasteiger partial charge in [-0.2, -0.15) is 0 Å². The first-order chi connectivity index (χ1) is 11.7. The third-order valence-electron chi connectivity index (χ3n) is 4.50. The number of amides is 1. The van der Waals surface area contributed by atoms with Crippen molar-refractivity contribution in [2.45, 2.75) is 25.4 Å². The molecule has 1 aliphatic rings. The number of benzene rings is 2. The first-order valence-electron chi connectivity index (χ1n) is 8.57. The van der Waals surface area contributed by atoms with Gasteiger partial charge in [-0.25, -0.2) is 0 Å². The number of rotatable bonds is 5. The highest BCUT2D eigenvalue weighted by molar-refractivity contribution is 5.94. The van der Waals surface area contributed by atoms with Gasteiger partial charge < -0.3 is 15.3 Å². The molecule has 0 aromatic heterocycles. The van der Waals surface area contributed by atoms with Gasteiger partial charge in [0.2, 0.25) is 0 Å². The molecule has 0 radical (unpaired) electrons. The fraction of sp³-hybridized carbons (Fsp3) is 0.350. The maximum absolute atomic E-state index is 12.2. The zero-order chi connectivity index (χ0) is 16.8. The molecule has 0 saturated carbocycles. The Balaban J connectivity index is 1.50. The van der Waals surface area contributed by atoms with Crippen molar-refractivity contribution in [1.29, 1.82) is 0 Å². The van der Waals surface area contributed by atoms with Gasteiger partial charge in [0, 0.05) is 30.9 Å². The zero-order valence-corrected chi connectivity index (χ0v) is 13.8. The van der Waals surface area contributed by atoms with E-state index in [1.165, 1.54) is 5.56 Å². The van der Waals surface area contributed by atoms with Crippen LogP contribution in [0.5, 0.6) is 0 Å². The van der Waals surface area contributed by atoms with Crippen LogP contribution in [0.1, 0.15) is 28.8 Å². The smallest absolute Gasteiger partial charge is 0.251 e. The molecule has 4 nitrogen and oxygen atoms in total. The maximum atomic E-state index is 12.2. The highest BCUT2D eigenvalue weighted by Gasteiger charge is 2.17. The minimum Gasteiger partial charge on any atom is -0.393 e. The third kappa shape index (κ3) is 4.36. The molecule has 24 heavy (non-hydrogen) atoms. The number of hydrogen-bond donors (Lipinski definition) is 2. The highest BCUT2D eigenvalue weighted by Crippen LogP contribution is 2.20. The van der Waals surface area contributed by atoms with Crippen LogP contribution in [0.3, 0.4) is 0 Å². The average Bonchev–Trinajstić information content (AvgIpc) is 2.63. The summed E-state index contributed by atoms with van der Waals surface area (Å²) in [6, 6.07) is 17.9. The summed E-state index contributed by atoms with van der Waals surface area (Å²) in [4.78, 5) is 14.5. The summed E-state index contributed by atoms with van der Waals surface area (Å²) in [5.74, 6) is -0.0356. The molecule has 126 valence electrons. The second kappa shape index (κ2) is 7.97. The van der Waals surface area contributed by atoms with Crippen LogP contribution in [0.25, 0.3) is 0 Å². The van der Waals surface area contributed by atoms with Crippen molar-refractivity contribution >= 4 is 11.6 Å². The van der Waals surface area contributed by atoms with Crippen molar-refractivity contribution in [2.24, 2.45) is 0 Å². The lowest BCUT2D eigenvalue weighted by molar-refractivity contribution is 0.0954. The van der Waals surface area contributed by atoms with Gasteiger partial charge in [-0.15, -0.1) is 0 Å². The summed E-state index contributed by atoms with van der Waals surface area (Å²) >= 11 is 0. The number of piperidine rings is 1. The van der Waals surface area contributed by atoms with Gasteiger partial charge in [0.05, 0.1) is 6.10 Å². The Morgan fingerprint density at radius 1 is 1.04 bits per heavy atom. The summed E-state index contributed by atoms with van der Waals surface area (Å²) in [7, 11) is 0. The molecule has 2 aromatic rings. The van der Waals surface area contributed by atoms with Crippen molar-refractivity contribution < 1.29 is 9.90 Å². The van der Waals surface area contributed by atoms with Gasteiger partial charge in [0.25, 0.3) is 5.91 Å². The van der Waals surface area contributed by atoms with Gasteiger partial charge in [-0.1, -0.05) is 30.3 Å². The van der Waals surface area contributed by atoms with Gasteiger partial charge in [-0.05, 0) is 49.1 Å². The second-order valence-electron chi connectivity index (χ2n) is 6.26. The Labute approximate surface area is 143 Å². The van der Waals surface area contributed by atoms with Crippen molar-refractivity contribution in [3.8, 4) is 0 Å². The predicted octanol–water partition coefficient (Wildman–Crippen LogP) is 2.62. The molecule has 0 aliphatic carbocycles. The van der Waals surface area contributed by atoms with Gasteiger partial charge in [0.15, 0.2) is 0 Å². The van der Waals surface area contributed by atoms with Gasteiger partial charge >= 0.3 is 0 Å². The van der Waals surface area contributed by atoms with E-state index in [1.807, 2.05) is 42.5 Å². The molecule has 1 saturated heterocycles. The van der Waals surface area contributed by atoms with Crippen LogP contribution in [0, 0.1) is 0 Å². The molecule has 1 aliphatic heterocycles. The third-order valence-corrected chi connectivity index (χ3v) is 4.50. The molecule has 0 spiro atoms. The molecule has 0 bridgehead atoms. The number of hydrogen-bond acceptors (Lipinski definition) is 3. The molecule has 4 heteroatoms.